The number of carbonyl (C=O) groups excluding carboxylic acids is 1. The molecule has 2 aromatic heterocycles. The largest absolute Gasteiger partial charge is 0.419 e. The zero-order chi connectivity index (χ0) is 22.2. The zero-order valence-corrected chi connectivity index (χ0v) is 17.5. The van der Waals surface area contributed by atoms with Crippen molar-refractivity contribution in [2.75, 3.05) is 29.9 Å². The van der Waals surface area contributed by atoms with Gasteiger partial charge in [0.1, 0.15) is 11.6 Å². The number of anilines is 3. The normalized spacial score (nSPS) is 21.6. The van der Waals surface area contributed by atoms with Crippen LogP contribution < -0.4 is 10.2 Å². The lowest BCUT2D eigenvalue weighted by Gasteiger charge is -2.24. The number of nitrogens with one attached hydrogen (secondary N) is 1. The van der Waals surface area contributed by atoms with Gasteiger partial charge in [0.2, 0.25) is 11.9 Å². The summed E-state index contributed by atoms with van der Waals surface area (Å²) in [5.41, 5.74) is -0.130. The third-order valence-corrected chi connectivity index (χ3v) is 5.96. The van der Waals surface area contributed by atoms with E-state index in [0.29, 0.717) is 19.0 Å². The fourth-order valence-electron chi connectivity index (χ4n) is 4.23. The van der Waals surface area contributed by atoms with Crippen LogP contribution >= 0.6 is 0 Å². The topological polar surface area (TPSA) is 74.2 Å². The standard InChI is InChI=1S/C21H25F3N6O/c1-13-5-4-9-30(13)20-26-17(15-7-10-29(12-15)14(2)31)11-18(28-20)27-19-16(21(22,23)24)6-3-8-25-19/h3,6,8,11,13,15H,4-5,7,9-10,12H2,1-2H3,(H,25,26,27,28). The molecular formula is C21H25F3N6O. The maximum absolute atomic E-state index is 13.4. The first-order valence-electron chi connectivity index (χ1n) is 10.4. The lowest BCUT2D eigenvalue weighted by molar-refractivity contribution is -0.137. The second kappa shape index (κ2) is 8.32. The minimum Gasteiger partial charge on any atom is -0.342 e. The Morgan fingerprint density at radius 2 is 2.03 bits per heavy atom. The predicted octanol–water partition coefficient (Wildman–Crippen LogP) is 3.96. The number of aromatic nitrogens is 3. The van der Waals surface area contributed by atoms with Gasteiger partial charge >= 0.3 is 6.18 Å². The smallest absolute Gasteiger partial charge is 0.342 e. The molecule has 2 unspecified atom stereocenters. The van der Waals surface area contributed by atoms with Crippen molar-refractivity contribution in [2.24, 2.45) is 0 Å². The van der Waals surface area contributed by atoms with Gasteiger partial charge in [-0.1, -0.05) is 0 Å². The molecule has 7 nitrogen and oxygen atoms in total. The summed E-state index contributed by atoms with van der Waals surface area (Å²) in [6.07, 6.45) is -0.451. The number of likely N-dealkylation sites (tertiary alicyclic amines) is 1. The average Bonchev–Trinajstić information content (AvgIpc) is 3.37. The molecule has 4 heterocycles. The lowest BCUT2D eigenvalue weighted by atomic mass is 10.0. The predicted molar refractivity (Wildman–Crippen MR) is 110 cm³/mol. The SMILES string of the molecule is CC(=O)N1CCC(c2cc(Nc3ncccc3C(F)(F)F)nc(N3CCCC3C)n2)C1. The second-order valence-electron chi connectivity index (χ2n) is 8.14. The van der Waals surface area contributed by atoms with E-state index in [-0.39, 0.29) is 29.5 Å². The van der Waals surface area contributed by atoms with Gasteiger partial charge < -0.3 is 15.1 Å². The minimum atomic E-state index is -4.54. The van der Waals surface area contributed by atoms with Crippen LogP contribution in [0, 0.1) is 0 Å². The zero-order valence-electron chi connectivity index (χ0n) is 17.5. The molecule has 2 aliphatic heterocycles. The van der Waals surface area contributed by atoms with Gasteiger partial charge in [0.25, 0.3) is 0 Å². The van der Waals surface area contributed by atoms with Gasteiger partial charge in [-0.25, -0.2) is 9.97 Å². The van der Waals surface area contributed by atoms with Crippen LogP contribution in [0.5, 0.6) is 0 Å². The quantitative estimate of drug-likeness (QED) is 0.785. The number of carbonyl (C=O) groups is 1. The second-order valence-corrected chi connectivity index (χ2v) is 8.14. The number of hydrogen-bond acceptors (Lipinski definition) is 6. The maximum atomic E-state index is 13.4. The van der Waals surface area contributed by atoms with E-state index in [1.165, 1.54) is 19.2 Å². The molecule has 2 saturated heterocycles. The first-order chi connectivity index (χ1) is 14.7. The van der Waals surface area contributed by atoms with Crippen molar-refractivity contribution in [3.8, 4) is 0 Å². The summed E-state index contributed by atoms with van der Waals surface area (Å²) < 4.78 is 40.2. The molecule has 1 amide bonds. The van der Waals surface area contributed by atoms with Gasteiger partial charge in [0.05, 0.1) is 11.3 Å². The summed E-state index contributed by atoms with van der Waals surface area (Å²) in [7, 11) is 0. The van der Waals surface area contributed by atoms with Crippen LogP contribution in [0.3, 0.4) is 0 Å². The van der Waals surface area contributed by atoms with E-state index in [0.717, 1.165) is 37.6 Å². The number of nitrogens with zero attached hydrogens (tertiary/aromatic N) is 5. The van der Waals surface area contributed by atoms with Gasteiger partial charge in [-0.3, -0.25) is 4.79 Å². The number of pyridine rings is 1. The molecule has 0 spiro atoms. The maximum Gasteiger partial charge on any atom is 0.419 e. The Labute approximate surface area is 178 Å². The third-order valence-electron chi connectivity index (χ3n) is 5.96. The van der Waals surface area contributed by atoms with Crippen molar-refractivity contribution in [3.05, 3.63) is 35.7 Å². The molecule has 10 heteroatoms. The van der Waals surface area contributed by atoms with Crippen LogP contribution in [0.4, 0.5) is 30.8 Å². The molecule has 2 atom stereocenters. The van der Waals surface area contributed by atoms with Gasteiger partial charge in [0.15, 0.2) is 0 Å². The van der Waals surface area contributed by atoms with E-state index >= 15 is 0 Å². The minimum absolute atomic E-state index is 0.00611. The molecule has 4 rings (SSSR count). The van der Waals surface area contributed by atoms with Crippen molar-refractivity contribution in [3.63, 3.8) is 0 Å². The fourth-order valence-corrected chi connectivity index (χ4v) is 4.23. The molecular weight excluding hydrogens is 409 g/mol. The highest BCUT2D eigenvalue weighted by Gasteiger charge is 2.35. The Hall–Kier alpha value is -2.91. The monoisotopic (exact) mass is 434 g/mol. The summed E-state index contributed by atoms with van der Waals surface area (Å²) in [6.45, 7) is 5.60. The summed E-state index contributed by atoms with van der Waals surface area (Å²) in [4.78, 5) is 28.7. The van der Waals surface area contributed by atoms with Gasteiger partial charge in [-0.15, -0.1) is 0 Å². The van der Waals surface area contributed by atoms with E-state index in [1.54, 1.807) is 11.0 Å². The highest BCUT2D eigenvalue weighted by molar-refractivity contribution is 5.73. The number of amides is 1. The van der Waals surface area contributed by atoms with Crippen molar-refractivity contribution in [2.45, 2.75) is 51.2 Å². The van der Waals surface area contributed by atoms with Gasteiger partial charge in [0, 0.05) is 50.8 Å². The Morgan fingerprint density at radius 3 is 2.68 bits per heavy atom. The Morgan fingerprint density at radius 1 is 1.23 bits per heavy atom. The van der Waals surface area contributed by atoms with Gasteiger partial charge in [-0.05, 0) is 38.3 Å². The molecule has 2 aliphatic rings. The Balaban J connectivity index is 1.70. The van der Waals surface area contributed by atoms with Crippen molar-refractivity contribution in [1.29, 1.82) is 0 Å². The highest BCUT2D eigenvalue weighted by Crippen LogP contribution is 2.36. The van der Waals surface area contributed by atoms with Crippen molar-refractivity contribution < 1.29 is 18.0 Å². The number of alkyl halides is 3. The van der Waals surface area contributed by atoms with Crippen molar-refractivity contribution in [1.82, 2.24) is 19.9 Å². The van der Waals surface area contributed by atoms with Gasteiger partial charge in [-0.2, -0.15) is 18.2 Å². The molecule has 0 radical (unpaired) electrons. The van der Waals surface area contributed by atoms with Crippen LogP contribution in [0.15, 0.2) is 24.4 Å². The average molecular weight is 434 g/mol. The van der Waals surface area contributed by atoms with E-state index < -0.39 is 11.7 Å². The summed E-state index contributed by atoms with van der Waals surface area (Å²) in [6, 6.07) is 4.17. The molecule has 2 fully saturated rings. The van der Waals surface area contributed by atoms with E-state index in [9.17, 15) is 18.0 Å². The molecule has 31 heavy (non-hydrogen) atoms. The van der Waals surface area contributed by atoms with Crippen LogP contribution in [-0.4, -0.2) is 51.4 Å². The van der Waals surface area contributed by atoms with Crippen LogP contribution in [0.2, 0.25) is 0 Å². The highest BCUT2D eigenvalue weighted by atomic mass is 19.4. The number of rotatable bonds is 4. The molecule has 0 aliphatic carbocycles. The number of halogens is 3. The summed E-state index contributed by atoms with van der Waals surface area (Å²) in [5.74, 6) is 0.485. The molecule has 2 aromatic rings. The molecule has 0 aromatic carbocycles. The molecule has 0 saturated carbocycles. The van der Waals surface area contributed by atoms with E-state index in [2.05, 4.69) is 27.1 Å². The Kier molecular flexibility index (Phi) is 5.72. The van der Waals surface area contributed by atoms with Crippen molar-refractivity contribution >= 4 is 23.5 Å². The molecule has 1 N–H and O–H groups in total. The summed E-state index contributed by atoms with van der Waals surface area (Å²) >= 11 is 0. The molecule has 0 bridgehead atoms. The lowest BCUT2D eigenvalue weighted by Crippen LogP contribution is -2.29. The third kappa shape index (κ3) is 4.57. The van der Waals surface area contributed by atoms with Crippen LogP contribution in [0.1, 0.15) is 50.3 Å². The first kappa shape index (κ1) is 21.3. The van der Waals surface area contributed by atoms with Crippen LogP contribution in [0.25, 0.3) is 0 Å². The number of hydrogen-bond donors (Lipinski definition) is 1. The fraction of sp³-hybridized carbons (Fsp3) is 0.524. The summed E-state index contributed by atoms with van der Waals surface area (Å²) in [5, 5.41) is 2.77. The van der Waals surface area contributed by atoms with Crippen LogP contribution in [-0.2, 0) is 11.0 Å². The van der Waals surface area contributed by atoms with E-state index in [4.69, 9.17) is 4.98 Å². The molecule has 166 valence electrons. The van der Waals surface area contributed by atoms with E-state index in [1.807, 2.05) is 0 Å². The first-order valence-corrected chi connectivity index (χ1v) is 10.4. The Bertz CT molecular complexity index is 966.